The second-order valence-corrected chi connectivity index (χ2v) is 6.04. The molecule has 0 spiro atoms. The molecular weight excluding hydrogens is 250 g/mol. The van der Waals surface area contributed by atoms with Gasteiger partial charge in [-0.3, -0.25) is 0 Å². The van der Waals surface area contributed by atoms with Gasteiger partial charge in [0.2, 0.25) is 0 Å². The Bertz CT molecular complexity index is 494. The Labute approximate surface area is 110 Å². The third-order valence-electron chi connectivity index (χ3n) is 2.22. The smallest absolute Gasteiger partial charge is 0.174 e. The summed E-state index contributed by atoms with van der Waals surface area (Å²) in [6.45, 7) is 3.94. The summed E-state index contributed by atoms with van der Waals surface area (Å²) in [4.78, 5) is 5.59. The topological polar surface area (TPSA) is 51.8 Å². The lowest BCUT2D eigenvalue weighted by molar-refractivity contribution is 0.729. The van der Waals surface area contributed by atoms with Crippen molar-refractivity contribution in [2.45, 2.75) is 35.5 Å². The number of nitrogens with zero attached hydrogens (tertiary/aromatic N) is 2. The SMILES string of the molecule is Cc1nsc(Sc2ccccc2CC(C)N)n1. The van der Waals surface area contributed by atoms with Crippen molar-refractivity contribution < 1.29 is 0 Å². The first-order valence-corrected chi connectivity index (χ1v) is 7.06. The van der Waals surface area contributed by atoms with E-state index in [9.17, 15) is 0 Å². The summed E-state index contributed by atoms with van der Waals surface area (Å²) < 4.78 is 5.17. The maximum atomic E-state index is 5.86. The van der Waals surface area contributed by atoms with Gasteiger partial charge >= 0.3 is 0 Å². The average Bonchev–Trinajstić information content (AvgIpc) is 2.66. The van der Waals surface area contributed by atoms with Gasteiger partial charge in [-0.15, -0.1) is 0 Å². The van der Waals surface area contributed by atoms with E-state index in [2.05, 4.69) is 21.5 Å². The highest BCUT2D eigenvalue weighted by Gasteiger charge is 2.08. The van der Waals surface area contributed by atoms with Crippen LogP contribution in [0.1, 0.15) is 18.3 Å². The first-order valence-electron chi connectivity index (χ1n) is 5.47. The summed E-state index contributed by atoms with van der Waals surface area (Å²) in [6.07, 6.45) is 0.890. The zero-order valence-corrected chi connectivity index (χ0v) is 11.5. The van der Waals surface area contributed by atoms with Gasteiger partial charge in [0.15, 0.2) is 4.34 Å². The summed E-state index contributed by atoms with van der Waals surface area (Å²) in [5.74, 6) is 0.835. The van der Waals surface area contributed by atoms with Crippen LogP contribution >= 0.6 is 23.3 Å². The van der Waals surface area contributed by atoms with Crippen LogP contribution in [0.3, 0.4) is 0 Å². The van der Waals surface area contributed by atoms with Crippen LogP contribution in [-0.4, -0.2) is 15.4 Å². The summed E-state index contributed by atoms with van der Waals surface area (Å²) in [5.41, 5.74) is 7.13. The molecule has 0 bridgehead atoms. The monoisotopic (exact) mass is 265 g/mol. The van der Waals surface area contributed by atoms with Crippen LogP contribution in [0.4, 0.5) is 0 Å². The van der Waals surface area contributed by atoms with Crippen LogP contribution in [0.15, 0.2) is 33.5 Å². The molecule has 0 fully saturated rings. The van der Waals surface area contributed by atoms with E-state index in [-0.39, 0.29) is 6.04 Å². The van der Waals surface area contributed by atoms with E-state index in [0.717, 1.165) is 16.6 Å². The van der Waals surface area contributed by atoms with Gasteiger partial charge in [0.25, 0.3) is 0 Å². The zero-order chi connectivity index (χ0) is 12.3. The predicted octanol–water partition coefficient (Wildman–Crippen LogP) is 2.89. The number of aryl methyl sites for hydroxylation is 1. The second-order valence-electron chi connectivity index (χ2n) is 4.00. The predicted molar refractivity (Wildman–Crippen MR) is 72.6 cm³/mol. The van der Waals surface area contributed by atoms with Gasteiger partial charge in [0.1, 0.15) is 5.82 Å². The van der Waals surface area contributed by atoms with Gasteiger partial charge in [-0.25, -0.2) is 4.98 Å². The normalized spacial score (nSPS) is 12.6. The van der Waals surface area contributed by atoms with Crippen LogP contribution in [0.25, 0.3) is 0 Å². The van der Waals surface area contributed by atoms with Crippen molar-refractivity contribution in [2.24, 2.45) is 5.73 Å². The molecule has 0 saturated heterocycles. The van der Waals surface area contributed by atoms with Gasteiger partial charge < -0.3 is 5.73 Å². The van der Waals surface area contributed by atoms with Crippen molar-refractivity contribution >= 4 is 23.3 Å². The van der Waals surface area contributed by atoms with E-state index in [1.165, 1.54) is 22.0 Å². The van der Waals surface area contributed by atoms with Crippen molar-refractivity contribution in [3.63, 3.8) is 0 Å². The van der Waals surface area contributed by atoms with Gasteiger partial charge in [0, 0.05) is 10.9 Å². The van der Waals surface area contributed by atoms with E-state index in [1.807, 2.05) is 26.0 Å². The Morgan fingerprint density at radius 3 is 2.82 bits per heavy atom. The lowest BCUT2D eigenvalue weighted by Gasteiger charge is -2.09. The van der Waals surface area contributed by atoms with Gasteiger partial charge in [0.05, 0.1) is 0 Å². The fourth-order valence-electron chi connectivity index (χ4n) is 1.53. The number of hydrogen-bond donors (Lipinski definition) is 1. The van der Waals surface area contributed by atoms with Crippen molar-refractivity contribution in [1.29, 1.82) is 0 Å². The number of hydrogen-bond acceptors (Lipinski definition) is 5. The molecule has 3 nitrogen and oxygen atoms in total. The Morgan fingerprint density at radius 2 is 2.18 bits per heavy atom. The maximum Gasteiger partial charge on any atom is 0.174 e. The quantitative estimate of drug-likeness (QED) is 0.923. The van der Waals surface area contributed by atoms with Crippen molar-refractivity contribution in [1.82, 2.24) is 9.36 Å². The van der Waals surface area contributed by atoms with Gasteiger partial charge in [-0.1, -0.05) is 30.0 Å². The van der Waals surface area contributed by atoms with E-state index < -0.39 is 0 Å². The molecule has 1 aromatic heterocycles. The van der Waals surface area contributed by atoms with E-state index >= 15 is 0 Å². The molecular formula is C12H15N3S2. The Hall–Kier alpha value is -0.910. The third kappa shape index (κ3) is 3.52. The molecule has 1 unspecified atom stereocenters. The Morgan fingerprint density at radius 1 is 1.41 bits per heavy atom. The summed E-state index contributed by atoms with van der Waals surface area (Å²) in [5, 5.41) is 0. The van der Waals surface area contributed by atoms with Crippen LogP contribution < -0.4 is 5.73 Å². The molecule has 0 saturated carbocycles. The highest BCUT2D eigenvalue weighted by atomic mass is 32.2. The molecule has 90 valence electrons. The van der Waals surface area contributed by atoms with Crippen LogP contribution in [0.5, 0.6) is 0 Å². The summed E-state index contributed by atoms with van der Waals surface area (Å²) in [7, 11) is 0. The summed E-state index contributed by atoms with van der Waals surface area (Å²) in [6, 6.07) is 8.50. The lowest BCUT2D eigenvalue weighted by atomic mass is 10.1. The van der Waals surface area contributed by atoms with Crippen LogP contribution in [0.2, 0.25) is 0 Å². The summed E-state index contributed by atoms with van der Waals surface area (Å²) >= 11 is 3.11. The zero-order valence-electron chi connectivity index (χ0n) is 9.88. The number of rotatable bonds is 4. The first-order chi connectivity index (χ1) is 8.15. The maximum absolute atomic E-state index is 5.86. The minimum absolute atomic E-state index is 0.174. The standard InChI is InChI=1S/C12H15N3S2/c1-8(13)7-10-5-3-4-6-11(10)16-12-14-9(2)15-17-12/h3-6,8H,7,13H2,1-2H3. The van der Waals surface area contributed by atoms with Gasteiger partial charge in [-0.2, -0.15) is 4.37 Å². The molecule has 17 heavy (non-hydrogen) atoms. The minimum atomic E-state index is 0.174. The van der Waals surface area contributed by atoms with Crippen molar-refractivity contribution in [3.8, 4) is 0 Å². The minimum Gasteiger partial charge on any atom is -0.328 e. The average molecular weight is 265 g/mol. The number of nitrogens with two attached hydrogens (primary N) is 1. The van der Waals surface area contributed by atoms with Crippen LogP contribution in [-0.2, 0) is 6.42 Å². The molecule has 0 aliphatic carbocycles. The molecule has 1 aromatic carbocycles. The highest BCUT2D eigenvalue weighted by molar-refractivity contribution is 8.01. The first kappa shape index (κ1) is 12.5. The van der Waals surface area contributed by atoms with E-state index in [0.29, 0.717) is 0 Å². The van der Waals surface area contributed by atoms with Crippen molar-refractivity contribution in [3.05, 3.63) is 35.7 Å². The number of aromatic nitrogens is 2. The van der Waals surface area contributed by atoms with Gasteiger partial charge in [-0.05, 0) is 43.4 Å². The second kappa shape index (κ2) is 5.62. The molecule has 0 amide bonds. The van der Waals surface area contributed by atoms with Crippen molar-refractivity contribution in [2.75, 3.05) is 0 Å². The molecule has 0 aliphatic heterocycles. The largest absolute Gasteiger partial charge is 0.328 e. The molecule has 5 heteroatoms. The molecule has 2 N–H and O–H groups in total. The van der Waals surface area contributed by atoms with Crippen LogP contribution in [0, 0.1) is 6.92 Å². The van der Waals surface area contributed by atoms with E-state index in [1.54, 1.807) is 11.8 Å². The molecule has 1 atom stereocenters. The molecule has 0 radical (unpaired) electrons. The Kier molecular flexibility index (Phi) is 4.15. The highest BCUT2D eigenvalue weighted by Crippen LogP contribution is 2.31. The molecule has 2 rings (SSSR count). The Balaban J connectivity index is 2.20. The fraction of sp³-hybridized carbons (Fsp3) is 0.333. The molecule has 0 aliphatic rings. The fourth-order valence-corrected chi connectivity index (χ4v) is 3.28. The lowest BCUT2D eigenvalue weighted by Crippen LogP contribution is -2.18. The third-order valence-corrected chi connectivity index (χ3v) is 4.18. The molecule has 1 heterocycles. The number of benzene rings is 1. The molecule has 2 aromatic rings. The van der Waals surface area contributed by atoms with E-state index in [4.69, 9.17) is 5.73 Å².